The van der Waals surface area contributed by atoms with Crippen molar-refractivity contribution in [2.75, 3.05) is 0 Å². The number of hydrogen-bond acceptors (Lipinski definition) is 2. The minimum absolute atomic E-state index is 0.462. The Labute approximate surface area is 78.9 Å². The van der Waals surface area contributed by atoms with Crippen LogP contribution in [0.2, 0.25) is 0 Å². The topological polar surface area (TPSA) is 38.0 Å². The lowest BCUT2D eigenvalue weighted by Crippen LogP contribution is -2.28. The fourth-order valence-electron chi connectivity index (χ4n) is 1.04. The zero-order chi connectivity index (χ0) is 10.7. The van der Waals surface area contributed by atoms with Crippen molar-refractivity contribution >= 4 is 0 Å². The Balaban J connectivity index is 3.28. The molecule has 0 bridgehead atoms. The molecule has 0 aromatic heterocycles. The molecule has 0 aliphatic rings. The Kier molecular flexibility index (Phi) is 3.12. The minimum Gasteiger partial charge on any atom is -0.270 e. The second-order valence-corrected chi connectivity index (χ2v) is 2.55. The zero-order valence-corrected chi connectivity index (χ0v) is 7.02. The second-order valence-electron chi connectivity index (χ2n) is 2.55. The maximum absolute atomic E-state index is 13.1. The van der Waals surface area contributed by atoms with Crippen LogP contribution in [0, 0.1) is 29.8 Å². The first kappa shape index (κ1) is 10.6. The lowest BCUT2D eigenvalue weighted by atomic mass is 10.1. The average molecular weight is 200 g/mol. The molecule has 0 radical (unpaired) electrons. The van der Waals surface area contributed by atoms with Gasteiger partial charge in [-0.3, -0.25) is 5.84 Å². The van der Waals surface area contributed by atoms with E-state index in [1.165, 1.54) is 0 Å². The molecule has 1 aromatic carbocycles. The Bertz CT molecular complexity index is 361. The van der Waals surface area contributed by atoms with Gasteiger partial charge in [-0.05, 0) is 0 Å². The van der Waals surface area contributed by atoms with Crippen molar-refractivity contribution < 1.29 is 13.2 Å². The quantitative estimate of drug-likeness (QED) is 0.428. The predicted molar refractivity (Wildman–Crippen MR) is 45.2 cm³/mol. The van der Waals surface area contributed by atoms with Gasteiger partial charge < -0.3 is 0 Å². The van der Waals surface area contributed by atoms with Crippen molar-refractivity contribution in [3.05, 3.63) is 35.1 Å². The average Bonchev–Trinajstić information content (AvgIpc) is 2.10. The predicted octanol–water partition coefficient (Wildman–Crippen LogP) is 1.24. The molecule has 0 amide bonds. The number of benzene rings is 1. The molecule has 1 unspecified atom stereocenters. The van der Waals surface area contributed by atoms with Crippen molar-refractivity contribution in [1.29, 1.82) is 0 Å². The van der Waals surface area contributed by atoms with Gasteiger partial charge in [0.25, 0.3) is 0 Å². The molecule has 0 heterocycles. The lowest BCUT2D eigenvalue weighted by molar-refractivity contribution is 0.500. The van der Waals surface area contributed by atoms with E-state index >= 15 is 0 Å². The normalized spacial score (nSPS) is 12.2. The van der Waals surface area contributed by atoms with Crippen LogP contribution in [-0.2, 0) is 0 Å². The third-order valence-electron chi connectivity index (χ3n) is 1.67. The first-order chi connectivity index (χ1) is 6.60. The van der Waals surface area contributed by atoms with Gasteiger partial charge in [-0.1, -0.05) is 5.92 Å². The first-order valence-corrected chi connectivity index (χ1v) is 3.67. The van der Waals surface area contributed by atoms with Crippen LogP contribution in [0.4, 0.5) is 13.2 Å². The number of nitrogens with one attached hydrogen (secondary N) is 1. The van der Waals surface area contributed by atoms with E-state index in [-0.39, 0.29) is 0 Å². The third kappa shape index (κ3) is 1.87. The summed E-state index contributed by atoms with van der Waals surface area (Å²) in [5.74, 6) is 3.87. The summed E-state index contributed by atoms with van der Waals surface area (Å²) in [7, 11) is 0. The summed E-state index contributed by atoms with van der Waals surface area (Å²) in [4.78, 5) is 0. The van der Waals surface area contributed by atoms with Gasteiger partial charge >= 0.3 is 0 Å². The van der Waals surface area contributed by atoms with Gasteiger partial charge in [0, 0.05) is 12.1 Å². The molecule has 0 aliphatic heterocycles. The number of hydrogen-bond donors (Lipinski definition) is 2. The highest BCUT2D eigenvalue weighted by Gasteiger charge is 2.18. The Morgan fingerprint density at radius 1 is 1.29 bits per heavy atom. The summed E-state index contributed by atoms with van der Waals surface area (Å²) in [5, 5.41) is 0. The number of hydrazine groups is 1. The highest BCUT2D eigenvalue weighted by molar-refractivity contribution is 5.29. The van der Waals surface area contributed by atoms with Gasteiger partial charge in [-0.15, -0.1) is 6.42 Å². The van der Waals surface area contributed by atoms with E-state index in [0.717, 1.165) is 0 Å². The van der Waals surface area contributed by atoms with Gasteiger partial charge in [-0.25, -0.2) is 18.6 Å². The molecular weight excluding hydrogens is 193 g/mol. The molecule has 0 saturated carbocycles. The molecule has 74 valence electrons. The van der Waals surface area contributed by atoms with Crippen LogP contribution in [0.1, 0.15) is 11.6 Å². The summed E-state index contributed by atoms with van der Waals surface area (Å²) in [6.07, 6.45) is 4.97. The molecule has 3 N–H and O–H groups in total. The van der Waals surface area contributed by atoms with Crippen molar-refractivity contribution in [3.8, 4) is 12.3 Å². The largest absolute Gasteiger partial charge is 0.270 e. The monoisotopic (exact) mass is 200 g/mol. The fourth-order valence-corrected chi connectivity index (χ4v) is 1.04. The third-order valence-corrected chi connectivity index (χ3v) is 1.67. The Morgan fingerprint density at radius 2 is 1.79 bits per heavy atom. The van der Waals surface area contributed by atoms with E-state index in [2.05, 4.69) is 0 Å². The first-order valence-electron chi connectivity index (χ1n) is 3.67. The Hall–Kier alpha value is -1.51. The van der Waals surface area contributed by atoms with E-state index in [1.54, 1.807) is 0 Å². The summed E-state index contributed by atoms with van der Waals surface area (Å²) in [6.45, 7) is 0. The van der Waals surface area contributed by atoms with Gasteiger partial charge in [0.05, 0.1) is 5.56 Å². The van der Waals surface area contributed by atoms with E-state index < -0.39 is 29.1 Å². The summed E-state index contributed by atoms with van der Waals surface area (Å²) < 4.78 is 38.6. The van der Waals surface area contributed by atoms with Crippen molar-refractivity contribution in [3.63, 3.8) is 0 Å². The molecule has 0 spiro atoms. The molecular formula is C9H7F3N2. The summed E-state index contributed by atoms with van der Waals surface area (Å²) in [5.41, 5.74) is 1.57. The highest BCUT2D eigenvalue weighted by atomic mass is 19.1. The maximum atomic E-state index is 13.1. The fraction of sp³-hybridized carbons (Fsp3) is 0.111. The molecule has 5 heteroatoms. The molecule has 1 rings (SSSR count). The standard InChI is InChI=1S/C9H7F3N2/c1-2-8(14-13)9-6(11)3-5(10)4-7(9)12/h1,3-4,8,14H,13H2. The van der Waals surface area contributed by atoms with Gasteiger partial charge in [-0.2, -0.15) is 0 Å². The zero-order valence-electron chi connectivity index (χ0n) is 7.02. The molecule has 0 aliphatic carbocycles. The molecule has 0 fully saturated rings. The SMILES string of the molecule is C#CC(NN)c1c(F)cc(F)cc1F. The highest BCUT2D eigenvalue weighted by Crippen LogP contribution is 2.20. The van der Waals surface area contributed by atoms with Crippen LogP contribution in [0.15, 0.2) is 12.1 Å². The van der Waals surface area contributed by atoms with Gasteiger partial charge in [0.15, 0.2) is 0 Å². The number of terminal acetylenes is 1. The van der Waals surface area contributed by atoms with Crippen molar-refractivity contribution in [2.45, 2.75) is 6.04 Å². The van der Waals surface area contributed by atoms with Crippen molar-refractivity contribution in [1.82, 2.24) is 5.43 Å². The summed E-state index contributed by atoms with van der Waals surface area (Å²) >= 11 is 0. The van der Waals surface area contributed by atoms with Gasteiger partial charge in [0.1, 0.15) is 23.5 Å². The summed E-state index contributed by atoms with van der Waals surface area (Å²) in [6, 6.07) is -0.0317. The minimum atomic E-state index is -1.12. The maximum Gasteiger partial charge on any atom is 0.134 e. The van der Waals surface area contributed by atoms with E-state index in [9.17, 15) is 13.2 Å². The molecule has 2 nitrogen and oxygen atoms in total. The van der Waals surface area contributed by atoms with Crippen LogP contribution < -0.4 is 11.3 Å². The number of rotatable bonds is 2. The van der Waals surface area contributed by atoms with Gasteiger partial charge in [0.2, 0.25) is 0 Å². The number of halogens is 3. The molecule has 14 heavy (non-hydrogen) atoms. The molecule has 1 aromatic rings. The van der Waals surface area contributed by atoms with E-state index in [4.69, 9.17) is 12.3 Å². The lowest BCUT2D eigenvalue weighted by Gasteiger charge is -2.11. The van der Waals surface area contributed by atoms with Crippen LogP contribution in [0.5, 0.6) is 0 Å². The molecule has 1 atom stereocenters. The van der Waals surface area contributed by atoms with Crippen molar-refractivity contribution in [2.24, 2.45) is 5.84 Å². The van der Waals surface area contributed by atoms with Crippen LogP contribution >= 0.6 is 0 Å². The van der Waals surface area contributed by atoms with Crippen LogP contribution in [-0.4, -0.2) is 0 Å². The van der Waals surface area contributed by atoms with Crippen LogP contribution in [0.3, 0.4) is 0 Å². The van der Waals surface area contributed by atoms with Crippen LogP contribution in [0.25, 0.3) is 0 Å². The molecule has 0 saturated heterocycles. The Morgan fingerprint density at radius 3 is 2.14 bits per heavy atom. The van der Waals surface area contributed by atoms with E-state index in [1.807, 2.05) is 11.3 Å². The smallest absolute Gasteiger partial charge is 0.134 e. The second kappa shape index (κ2) is 4.13. The number of nitrogens with two attached hydrogens (primary N) is 1. The van der Waals surface area contributed by atoms with E-state index in [0.29, 0.717) is 12.1 Å².